The average Bonchev–Trinajstić information content (AvgIpc) is 3.16. The average molecular weight is 356 g/mol. The lowest BCUT2D eigenvalue weighted by Gasteiger charge is -2.08. The molecule has 0 bridgehead atoms. The Morgan fingerprint density at radius 3 is 2.22 bits per heavy atom. The molecule has 4 nitrogen and oxygen atoms in total. The van der Waals surface area contributed by atoms with Crippen LogP contribution < -0.4 is 5.73 Å². The zero-order valence-electron chi connectivity index (χ0n) is 12.0. The summed E-state index contributed by atoms with van der Waals surface area (Å²) in [7, 11) is -3.75. The van der Waals surface area contributed by atoms with Gasteiger partial charge in [-0.3, -0.25) is 0 Å². The van der Waals surface area contributed by atoms with Gasteiger partial charge in [0.25, 0.3) is 0 Å². The van der Waals surface area contributed by atoms with Crippen LogP contribution in [0, 0.1) is 5.82 Å². The van der Waals surface area contributed by atoms with Gasteiger partial charge in [0.05, 0.1) is 22.3 Å². The Balaban J connectivity index is 2.01. The van der Waals surface area contributed by atoms with Gasteiger partial charge >= 0.3 is 0 Å². The van der Waals surface area contributed by atoms with Crippen molar-refractivity contribution in [2.45, 2.75) is 21.6 Å². The van der Waals surface area contributed by atoms with Crippen LogP contribution in [0.5, 0.6) is 0 Å². The molecule has 0 amide bonds. The number of nitrogens with two attached hydrogens (primary N) is 1. The number of aliphatic hydroxyl groups excluding tert-OH is 1. The molecule has 0 radical (unpaired) electrons. The summed E-state index contributed by atoms with van der Waals surface area (Å²) in [4.78, 5) is 0.0970. The minimum Gasteiger partial charge on any atom is -0.394 e. The van der Waals surface area contributed by atoms with Crippen molar-refractivity contribution in [2.24, 2.45) is 5.73 Å². The lowest BCUT2D eigenvalue weighted by molar-refractivity contribution is 0.253. The van der Waals surface area contributed by atoms with E-state index in [1.807, 2.05) is 0 Å². The van der Waals surface area contributed by atoms with Crippen LogP contribution in [0.3, 0.4) is 0 Å². The van der Waals surface area contributed by atoms with Crippen LogP contribution in [0.2, 0.25) is 5.02 Å². The Kier molecular flexibility index (Phi) is 3.96. The number of hydrogen-bond acceptors (Lipinski definition) is 4. The third-order valence-corrected chi connectivity index (χ3v) is 6.84. The lowest BCUT2D eigenvalue weighted by atomic mass is 10.1. The standard InChI is InChI=1S/C16H15ClFNO3S/c17-11-3-7-13(8-4-11)23(21,22)15-14(16(15,19)9-20)10-1-5-12(18)6-2-10/h1-8,14-15,20H,9,19H2/t14-,15+,16-/m1/s1. The van der Waals surface area contributed by atoms with E-state index >= 15 is 0 Å². The van der Waals surface area contributed by atoms with Crippen molar-refractivity contribution in [1.29, 1.82) is 0 Å². The smallest absolute Gasteiger partial charge is 0.183 e. The van der Waals surface area contributed by atoms with E-state index < -0.39 is 39.0 Å². The van der Waals surface area contributed by atoms with E-state index in [4.69, 9.17) is 17.3 Å². The van der Waals surface area contributed by atoms with Crippen molar-refractivity contribution in [3.63, 3.8) is 0 Å². The van der Waals surface area contributed by atoms with Crippen molar-refractivity contribution in [1.82, 2.24) is 0 Å². The zero-order chi connectivity index (χ0) is 16.8. The molecule has 0 aromatic heterocycles. The highest BCUT2D eigenvalue weighted by Gasteiger charge is 2.69. The summed E-state index contributed by atoms with van der Waals surface area (Å²) in [5, 5.41) is 9.05. The SMILES string of the molecule is N[C@]1(CO)[C@H](c2ccc(F)cc2)[C@@H]1S(=O)(=O)c1ccc(Cl)cc1. The maximum Gasteiger partial charge on any atom is 0.183 e. The second-order valence-corrected chi connectivity index (χ2v) is 8.22. The van der Waals surface area contributed by atoms with Crippen molar-refractivity contribution < 1.29 is 17.9 Å². The highest BCUT2D eigenvalue weighted by Crippen LogP contribution is 2.55. The van der Waals surface area contributed by atoms with Gasteiger partial charge in [-0.25, -0.2) is 12.8 Å². The molecule has 3 N–H and O–H groups in total. The van der Waals surface area contributed by atoms with Gasteiger partial charge in [0.1, 0.15) is 5.82 Å². The van der Waals surface area contributed by atoms with Gasteiger partial charge in [0, 0.05) is 10.9 Å². The van der Waals surface area contributed by atoms with E-state index in [1.165, 1.54) is 48.5 Å². The van der Waals surface area contributed by atoms with Crippen molar-refractivity contribution in [3.05, 3.63) is 64.9 Å². The molecule has 1 aliphatic carbocycles. The maximum atomic E-state index is 13.1. The molecular weight excluding hydrogens is 341 g/mol. The van der Waals surface area contributed by atoms with E-state index in [-0.39, 0.29) is 4.90 Å². The van der Waals surface area contributed by atoms with Gasteiger partial charge in [-0.2, -0.15) is 0 Å². The normalized spacial score (nSPS) is 27.0. The molecule has 7 heteroatoms. The summed E-state index contributed by atoms with van der Waals surface area (Å²) < 4.78 is 38.7. The topological polar surface area (TPSA) is 80.4 Å². The molecule has 0 saturated heterocycles. The fourth-order valence-corrected chi connectivity index (χ4v) is 5.43. The van der Waals surface area contributed by atoms with Crippen LogP contribution in [-0.4, -0.2) is 30.9 Å². The Bertz CT molecular complexity index is 823. The second-order valence-electron chi connectivity index (χ2n) is 5.72. The van der Waals surface area contributed by atoms with Gasteiger partial charge in [-0.05, 0) is 42.0 Å². The second kappa shape index (κ2) is 5.56. The molecule has 0 unspecified atom stereocenters. The fraction of sp³-hybridized carbons (Fsp3) is 0.250. The fourth-order valence-electron chi connectivity index (χ4n) is 3.01. The Morgan fingerprint density at radius 2 is 1.70 bits per heavy atom. The first-order chi connectivity index (χ1) is 10.8. The van der Waals surface area contributed by atoms with Crippen molar-refractivity contribution in [2.75, 3.05) is 6.61 Å². The summed E-state index contributed by atoms with van der Waals surface area (Å²) in [6.45, 7) is -0.480. The van der Waals surface area contributed by atoms with Crippen LogP contribution in [-0.2, 0) is 9.84 Å². The molecule has 2 aromatic rings. The molecule has 1 fully saturated rings. The van der Waals surface area contributed by atoms with E-state index in [0.717, 1.165) is 0 Å². The molecule has 0 aliphatic heterocycles. The monoisotopic (exact) mass is 355 g/mol. The van der Waals surface area contributed by atoms with Crippen LogP contribution >= 0.6 is 11.6 Å². The number of hydrogen-bond donors (Lipinski definition) is 2. The third-order valence-electron chi connectivity index (χ3n) is 4.28. The predicted octanol–water partition coefficient (Wildman–Crippen LogP) is 2.11. The molecule has 1 saturated carbocycles. The molecule has 122 valence electrons. The molecule has 3 atom stereocenters. The quantitative estimate of drug-likeness (QED) is 0.880. The molecule has 0 heterocycles. The summed E-state index contributed by atoms with van der Waals surface area (Å²) in [6, 6.07) is 11.3. The van der Waals surface area contributed by atoms with E-state index in [0.29, 0.717) is 10.6 Å². The van der Waals surface area contributed by atoms with Crippen LogP contribution in [0.4, 0.5) is 4.39 Å². The highest BCUT2D eigenvalue weighted by molar-refractivity contribution is 7.92. The first-order valence-electron chi connectivity index (χ1n) is 6.95. The van der Waals surface area contributed by atoms with Crippen LogP contribution in [0.15, 0.2) is 53.4 Å². The summed E-state index contributed by atoms with van der Waals surface area (Å²) in [6.07, 6.45) is 0. The van der Waals surface area contributed by atoms with E-state index in [2.05, 4.69) is 0 Å². The van der Waals surface area contributed by atoms with Crippen molar-refractivity contribution >= 4 is 21.4 Å². The summed E-state index contributed by atoms with van der Waals surface area (Å²) in [5.41, 5.74) is 5.42. The summed E-state index contributed by atoms with van der Waals surface area (Å²) in [5.74, 6) is -1.01. The number of rotatable bonds is 4. The maximum absolute atomic E-state index is 13.1. The molecule has 23 heavy (non-hydrogen) atoms. The minimum absolute atomic E-state index is 0.0970. The van der Waals surface area contributed by atoms with Gasteiger partial charge in [-0.15, -0.1) is 0 Å². The van der Waals surface area contributed by atoms with E-state index in [9.17, 15) is 17.9 Å². The molecule has 0 spiro atoms. The number of aliphatic hydroxyl groups is 1. The number of sulfone groups is 1. The number of benzene rings is 2. The Hall–Kier alpha value is -1.47. The van der Waals surface area contributed by atoms with Gasteiger partial charge in [-0.1, -0.05) is 23.7 Å². The van der Waals surface area contributed by atoms with Gasteiger partial charge < -0.3 is 10.8 Å². The minimum atomic E-state index is -3.75. The summed E-state index contributed by atoms with van der Waals surface area (Å²) >= 11 is 5.78. The first-order valence-corrected chi connectivity index (χ1v) is 8.88. The van der Waals surface area contributed by atoms with Crippen LogP contribution in [0.1, 0.15) is 11.5 Å². The Labute approximate surface area is 138 Å². The highest BCUT2D eigenvalue weighted by atomic mass is 35.5. The third kappa shape index (κ3) is 2.65. The van der Waals surface area contributed by atoms with Gasteiger partial charge in [0.2, 0.25) is 0 Å². The predicted molar refractivity (Wildman–Crippen MR) is 85.6 cm³/mol. The van der Waals surface area contributed by atoms with Crippen molar-refractivity contribution in [3.8, 4) is 0 Å². The molecule has 2 aromatic carbocycles. The van der Waals surface area contributed by atoms with E-state index in [1.54, 1.807) is 0 Å². The number of halogens is 2. The van der Waals surface area contributed by atoms with Gasteiger partial charge in [0.15, 0.2) is 9.84 Å². The zero-order valence-corrected chi connectivity index (χ0v) is 13.6. The largest absolute Gasteiger partial charge is 0.394 e. The Morgan fingerprint density at radius 1 is 1.13 bits per heavy atom. The lowest BCUT2D eigenvalue weighted by Crippen LogP contribution is -2.35. The first kappa shape index (κ1) is 16.4. The molecule has 3 rings (SSSR count). The van der Waals surface area contributed by atoms with Crippen LogP contribution in [0.25, 0.3) is 0 Å². The molecule has 1 aliphatic rings. The molecular formula is C16H15ClFNO3S.